The van der Waals surface area contributed by atoms with E-state index < -0.39 is 0 Å². The summed E-state index contributed by atoms with van der Waals surface area (Å²) in [6.45, 7) is 3.26. The molecule has 1 aliphatic heterocycles. The van der Waals surface area contributed by atoms with Gasteiger partial charge in [-0.15, -0.1) is 0 Å². The van der Waals surface area contributed by atoms with Crippen molar-refractivity contribution < 1.29 is 4.74 Å². The van der Waals surface area contributed by atoms with E-state index in [0.717, 1.165) is 53.4 Å². The fourth-order valence-corrected chi connectivity index (χ4v) is 3.52. The number of nitriles is 1. The number of hydrogen-bond acceptors (Lipinski definition) is 8. The molecular weight excluding hydrogens is 348 g/mol. The molecule has 0 aromatic carbocycles. The Kier molecular flexibility index (Phi) is 4.73. The topological polar surface area (TPSA) is 87.0 Å². The van der Waals surface area contributed by atoms with Crippen molar-refractivity contribution in [3.05, 3.63) is 48.5 Å². The average Bonchev–Trinajstić information content (AvgIpc) is 3.17. The van der Waals surface area contributed by atoms with Gasteiger partial charge in [-0.05, 0) is 12.1 Å². The van der Waals surface area contributed by atoms with Gasteiger partial charge in [0.1, 0.15) is 11.9 Å². The van der Waals surface area contributed by atoms with Crippen molar-refractivity contribution in [3.63, 3.8) is 0 Å². The number of morpholine rings is 1. The first-order valence-corrected chi connectivity index (χ1v) is 9.00. The summed E-state index contributed by atoms with van der Waals surface area (Å²) < 4.78 is 5.40. The van der Waals surface area contributed by atoms with E-state index in [0.29, 0.717) is 5.56 Å². The fourth-order valence-electron chi connectivity index (χ4n) is 2.72. The third kappa shape index (κ3) is 3.64. The van der Waals surface area contributed by atoms with E-state index in [9.17, 15) is 0 Å². The predicted molar refractivity (Wildman–Crippen MR) is 101 cm³/mol. The van der Waals surface area contributed by atoms with Gasteiger partial charge in [0.05, 0.1) is 23.7 Å². The lowest BCUT2D eigenvalue weighted by Gasteiger charge is -2.28. The third-order valence-corrected chi connectivity index (χ3v) is 4.97. The molecule has 1 aliphatic rings. The van der Waals surface area contributed by atoms with Gasteiger partial charge in [0.15, 0.2) is 5.13 Å². The number of pyridine rings is 2. The molecule has 3 aromatic rings. The lowest BCUT2D eigenvalue weighted by molar-refractivity contribution is 0.122. The van der Waals surface area contributed by atoms with Gasteiger partial charge in [-0.1, -0.05) is 11.3 Å². The fraction of sp³-hybridized carbons (Fsp3) is 0.222. The van der Waals surface area contributed by atoms with Crippen LogP contribution in [0, 0.1) is 11.3 Å². The summed E-state index contributed by atoms with van der Waals surface area (Å²) in [6.07, 6.45) is 6.85. The molecule has 3 aromatic heterocycles. The molecule has 0 aliphatic carbocycles. The van der Waals surface area contributed by atoms with E-state index in [1.807, 2.05) is 18.2 Å². The molecule has 0 bridgehead atoms. The first kappa shape index (κ1) is 16.4. The Balaban J connectivity index is 1.51. The van der Waals surface area contributed by atoms with Crippen LogP contribution in [0.2, 0.25) is 0 Å². The molecule has 0 spiro atoms. The van der Waals surface area contributed by atoms with Crippen molar-refractivity contribution in [2.45, 2.75) is 0 Å². The van der Waals surface area contributed by atoms with Crippen LogP contribution in [0.4, 0.5) is 16.6 Å². The minimum Gasteiger partial charge on any atom is -0.378 e. The summed E-state index contributed by atoms with van der Waals surface area (Å²) >= 11 is 1.50. The number of anilines is 3. The summed E-state index contributed by atoms with van der Waals surface area (Å²) in [7, 11) is 0. The second-order valence-electron chi connectivity index (χ2n) is 5.73. The molecule has 1 saturated heterocycles. The number of aromatic nitrogens is 3. The molecule has 4 rings (SSSR count). The molecule has 1 N–H and O–H groups in total. The minimum atomic E-state index is 0.533. The number of thiazole rings is 1. The minimum absolute atomic E-state index is 0.533. The molecular formula is C18H16N6OS. The van der Waals surface area contributed by atoms with Gasteiger partial charge < -0.3 is 15.0 Å². The van der Waals surface area contributed by atoms with Crippen molar-refractivity contribution >= 4 is 28.0 Å². The molecule has 26 heavy (non-hydrogen) atoms. The first-order chi connectivity index (χ1) is 12.8. The third-order valence-electron chi connectivity index (χ3n) is 4.01. The van der Waals surface area contributed by atoms with Crippen LogP contribution < -0.4 is 10.2 Å². The maximum Gasteiger partial charge on any atom is 0.188 e. The van der Waals surface area contributed by atoms with E-state index >= 15 is 0 Å². The number of hydrogen-bond donors (Lipinski definition) is 1. The Labute approximate surface area is 154 Å². The molecule has 130 valence electrons. The summed E-state index contributed by atoms with van der Waals surface area (Å²) in [6, 6.07) is 7.93. The van der Waals surface area contributed by atoms with Gasteiger partial charge >= 0.3 is 0 Å². The van der Waals surface area contributed by atoms with Crippen LogP contribution in [0.25, 0.3) is 10.4 Å². The van der Waals surface area contributed by atoms with Crippen LogP contribution in [0.1, 0.15) is 5.56 Å². The van der Waals surface area contributed by atoms with E-state index in [-0.39, 0.29) is 0 Å². The maximum absolute atomic E-state index is 9.01. The highest BCUT2D eigenvalue weighted by atomic mass is 32.1. The summed E-state index contributed by atoms with van der Waals surface area (Å²) in [5.41, 5.74) is 2.53. The summed E-state index contributed by atoms with van der Waals surface area (Å²) in [5.74, 6) is 0.749. The average molecular weight is 364 g/mol. The zero-order valence-electron chi connectivity index (χ0n) is 13.9. The number of rotatable bonds is 4. The molecule has 0 saturated carbocycles. The van der Waals surface area contributed by atoms with E-state index in [4.69, 9.17) is 10.00 Å². The van der Waals surface area contributed by atoms with Crippen LogP contribution in [-0.2, 0) is 4.74 Å². The van der Waals surface area contributed by atoms with Crippen molar-refractivity contribution in [2.75, 3.05) is 36.5 Å². The van der Waals surface area contributed by atoms with Crippen LogP contribution in [0.5, 0.6) is 0 Å². The monoisotopic (exact) mass is 364 g/mol. The molecule has 0 unspecified atom stereocenters. The standard InChI is InChI=1S/C18H16N6OS/c19-9-13-7-14(11-20-10-13)16-12-22-18(26-16)23-17-8-15(1-2-21-17)24-3-5-25-6-4-24/h1-2,7-8,10-12H,3-6H2,(H,21,22,23). The number of nitrogens with one attached hydrogen (secondary N) is 1. The van der Waals surface area contributed by atoms with Crippen molar-refractivity contribution in [1.29, 1.82) is 5.26 Å². The molecule has 7 nitrogen and oxygen atoms in total. The Morgan fingerprint density at radius 1 is 1.15 bits per heavy atom. The quantitative estimate of drug-likeness (QED) is 0.761. The van der Waals surface area contributed by atoms with Crippen LogP contribution in [0.15, 0.2) is 43.0 Å². The van der Waals surface area contributed by atoms with E-state index in [1.54, 1.807) is 24.8 Å². The molecule has 8 heteroatoms. The summed E-state index contributed by atoms with van der Waals surface area (Å²) in [4.78, 5) is 16.1. The van der Waals surface area contributed by atoms with Gasteiger partial charge in [-0.3, -0.25) is 4.98 Å². The molecule has 0 radical (unpaired) electrons. The maximum atomic E-state index is 9.01. The summed E-state index contributed by atoms with van der Waals surface area (Å²) in [5, 5.41) is 13.0. The van der Waals surface area contributed by atoms with Gasteiger partial charge in [0, 0.05) is 55.2 Å². The first-order valence-electron chi connectivity index (χ1n) is 8.19. The Hall–Kier alpha value is -3.02. The highest BCUT2D eigenvalue weighted by Gasteiger charge is 2.12. The van der Waals surface area contributed by atoms with Crippen LogP contribution >= 0.6 is 11.3 Å². The number of nitrogens with zero attached hydrogens (tertiary/aromatic N) is 5. The van der Waals surface area contributed by atoms with Gasteiger partial charge in [0.2, 0.25) is 0 Å². The molecule has 0 amide bonds. The van der Waals surface area contributed by atoms with E-state index in [2.05, 4.69) is 31.2 Å². The Morgan fingerprint density at radius 2 is 2.04 bits per heavy atom. The zero-order chi connectivity index (χ0) is 17.8. The van der Waals surface area contributed by atoms with Gasteiger partial charge in [-0.25, -0.2) is 9.97 Å². The van der Waals surface area contributed by atoms with Crippen LogP contribution in [0.3, 0.4) is 0 Å². The second-order valence-corrected chi connectivity index (χ2v) is 6.76. The largest absolute Gasteiger partial charge is 0.378 e. The Morgan fingerprint density at radius 3 is 2.88 bits per heavy atom. The lowest BCUT2D eigenvalue weighted by atomic mass is 10.2. The lowest BCUT2D eigenvalue weighted by Crippen LogP contribution is -2.36. The highest BCUT2D eigenvalue weighted by Crippen LogP contribution is 2.31. The zero-order valence-corrected chi connectivity index (χ0v) is 14.7. The smallest absolute Gasteiger partial charge is 0.188 e. The Bertz CT molecular complexity index is 945. The van der Waals surface area contributed by atoms with Crippen molar-refractivity contribution in [3.8, 4) is 16.5 Å². The molecule has 0 atom stereocenters. The van der Waals surface area contributed by atoms with Crippen LogP contribution in [-0.4, -0.2) is 41.3 Å². The normalized spacial score (nSPS) is 14.0. The van der Waals surface area contributed by atoms with Gasteiger partial charge in [-0.2, -0.15) is 5.26 Å². The highest BCUT2D eigenvalue weighted by molar-refractivity contribution is 7.18. The SMILES string of the molecule is N#Cc1cncc(-c2cnc(Nc3cc(N4CCOCC4)ccn3)s2)c1. The number of ether oxygens (including phenoxy) is 1. The van der Waals surface area contributed by atoms with Crippen molar-refractivity contribution in [2.24, 2.45) is 0 Å². The van der Waals surface area contributed by atoms with Crippen molar-refractivity contribution in [1.82, 2.24) is 15.0 Å². The second kappa shape index (κ2) is 7.47. The molecule has 1 fully saturated rings. The predicted octanol–water partition coefficient (Wildman–Crippen LogP) is 3.05. The molecule has 4 heterocycles. The van der Waals surface area contributed by atoms with Gasteiger partial charge in [0.25, 0.3) is 0 Å². The van der Waals surface area contributed by atoms with E-state index in [1.165, 1.54) is 11.3 Å².